The topological polar surface area (TPSA) is 90.5 Å². The second-order valence-corrected chi connectivity index (χ2v) is 9.83. The average Bonchev–Trinajstić information content (AvgIpc) is 3.54. The standard InChI is InChI=1S/C26H21Br2N7O/c27-23-13-29-14-24(28)22(23)12-31-26(36)20-8-4-5-18(11-20)15-35-17-21(32-33-35)16-34-10-9-30-25(34)19-6-2-1-3-7-19/h1-11,13-14,17H,12,15-16H2,(H,31,36). The van der Waals surface area contributed by atoms with Crippen LogP contribution in [0, 0.1) is 0 Å². The zero-order valence-corrected chi connectivity index (χ0v) is 22.2. The third kappa shape index (κ3) is 5.60. The third-order valence-corrected chi connectivity index (χ3v) is 6.94. The molecule has 8 nitrogen and oxygen atoms in total. The summed E-state index contributed by atoms with van der Waals surface area (Å²) in [4.78, 5) is 21.4. The fourth-order valence-electron chi connectivity index (χ4n) is 3.82. The molecule has 3 heterocycles. The first-order chi connectivity index (χ1) is 17.6. The summed E-state index contributed by atoms with van der Waals surface area (Å²) in [5.41, 5.74) is 4.34. The second kappa shape index (κ2) is 11.0. The lowest BCUT2D eigenvalue weighted by Gasteiger charge is -2.10. The van der Waals surface area contributed by atoms with E-state index in [-0.39, 0.29) is 5.91 Å². The number of nitrogens with one attached hydrogen (secondary N) is 1. The van der Waals surface area contributed by atoms with Gasteiger partial charge >= 0.3 is 0 Å². The molecule has 0 bridgehead atoms. The number of carbonyl (C=O) groups is 1. The number of halogens is 2. The van der Waals surface area contributed by atoms with Crippen LogP contribution in [0.15, 0.2) is 94.5 Å². The Kier molecular flexibility index (Phi) is 7.33. The van der Waals surface area contributed by atoms with Crippen molar-refractivity contribution in [3.63, 3.8) is 0 Å². The maximum absolute atomic E-state index is 12.8. The van der Waals surface area contributed by atoms with Gasteiger partial charge in [-0.15, -0.1) is 5.10 Å². The molecule has 10 heteroatoms. The van der Waals surface area contributed by atoms with Crippen LogP contribution in [0.5, 0.6) is 0 Å². The number of carbonyl (C=O) groups excluding carboxylic acids is 1. The summed E-state index contributed by atoms with van der Waals surface area (Å²) in [6.07, 6.45) is 9.05. The van der Waals surface area contributed by atoms with Gasteiger partial charge in [-0.25, -0.2) is 9.67 Å². The Balaban J connectivity index is 1.24. The van der Waals surface area contributed by atoms with Crippen LogP contribution in [0.1, 0.15) is 27.2 Å². The van der Waals surface area contributed by atoms with Gasteiger partial charge in [0.15, 0.2) is 0 Å². The van der Waals surface area contributed by atoms with E-state index < -0.39 is 0 Å². The average molecular weight is 607 g/mol. The first-order valence-electron chi connectivity index (χ1n) is 11.2. The van der Waals surface area contributed by atoms with Gasteiger partial charge in [0.1, 0.15) is 11.5 Å². The summed E-state index contributed by atoms with van der Waals surface area (Å²) in [6.45, 7) is 1.44. The van der Waals surface area contributed by atoms with Crippen molar-refractivity contribution < 1.29 is 4.79 Å². The lowest BCUT2D eigenvalue weighted by atomic mass is 10.1. The van der Waals surface area contributed by atoms with Crippen LogP contribution in [0.4, 0.5) is 0 Å². The minimum Gasteiger partial charge on any atom is -0.348 e. The molecule has 0 aliphatic heterocycles. The number of amides is 1. The molecule has 5 aromatic rings. The highest BCUT2D eigenvalue weighted by Crippen LogP contribution is 2.23. The van der Waals surface area contributed by atoms with Gasteiger partial charge in [-0.3, -0.25) is 9.78 Å². The Labute approximate surface area is 224 Å². The summed E-state index contributed by atoms with van der Waals surface area (Å²) in [7, 11) is 0. The quantitative estimate of drug-likeness (QED) is 0.266. The smallest absolute Gasteiger partial charge is 0.251 e. The molecular formula is C26H21Br2N7O. The van der Waals surface area contributed by atoms with E-state index in [9.17, 15) is 4.79 Å². The molecule has 0 radical (unpaired) electrons. The molecule has 0 atom stereocenters. The number of benzene rings is 2. The largest absolute Gasteiger partial charge is 0.348 e. The monoisotopic (exact) mass is 605 g/mol. The van der Waals surface area contributed by atoms with Gasteiger partial charge in [0, 0.05) is 57.0 Å². The molecule has 1 amide bonds. The molecule has 3 aromatic heterocycles. The number of pyridine rings is 1. The van der Waals surface area contributed by atoms with E-state index >= 15 is 0 Å². The Hall–Kier alpha value is -3.63. The molecule has 0 aliphatic rings. The minimum absolute atomic E-state index is 0.153. The van der Waals surface area contributed by atoms with E-state index in [1.165, 1.54) is 0 Å². The molecule has 0 saturated carbocycles. The Morgan fingerprint density at radius 1 is 0.972 bits per heavy atom. The maximum atomic E-state index is 12.8. The fourth-order valence-corrected chi connectivity index (χ4v) is 5.03. The van der Waals surface area contributed by atoms with E-state index in [2.05, 4.69) is 57.5 Å². The summed E-state index contributed by atoms with van der Waals surface area (Å²) >= 11 is 6.95. The number of nitrogens with zero attached hydrogens (tertiary/aromatic N) is 6. The summed E-state index contributed by atoms with van der Waals surface area (Å²) in [5, 5.41) is 11.6. The molecule has 0 spiro atoms. The van der Waals surface area contributed by atoms with Gasteiger partial charge in [-0.1, -0.05) is 47.7 Å². The normalized spacial score (nSPS) is 10.9. The summed E-state index contributed by atoms with van der Waals surface area (Å²) < 4.78 is 5.49. The van der Waals surface area contributed by atoms with Crippen molar-refractivity contribution >= 4 is 37.8 Å². The molecule has 0 fully saturated rings. The van der Waals surface area contributed by atoms with E-state index in [0.717, 1.165) is 37.2 Å². The molecule has 0 unspecified atom stereocenters. The molecule has 0 aliphatic carbocycles. The van der Waals surface area contributed by atoms with E-state index in [4.69, 9.17) is 0 Å². The van der Waals surface area contributed by atoms with Crippen molar-refractivity contribution in [2.45, 2.75) is 19.6 Å². The van der Waals surface area contributed by atoms with Crippen LogP contribution < -0.4 is 5.32 Å². The van der Waals surface area contributed by atoms with Gasteiger partial charge < -0.3 is 9.88 Å². The molecule has 180 valence electrons. The first kappa shape index (κ1) is 24.1. The van der Waals surface area contributed by atoms with Crippen LogP contribution in [0.3, 0.4) is 0 Å². The van der Waals surface area contributed by atoms with E-state index in [1.807, 2.05) is 65.5 Å². The summed E-state index contributed by atoms with van der Waals surface area (Å²) in [5.74, 6) is 0.731. The lowest BCUT2D eigenvalue weighted by Crippen LogP contribution is -2.23. The van der Waals surface area contributed by atoms with Gasteiger partial charge in [0.2, 0.25) is 0 Å². The van der Waals surface area contributed by atoms with Crippen molar-refractivity contribution in [2.24, 2.45) is 0 Å². The number of hydrogen-bond acceptors (Lipinski definition) is 5. The highest BCUT2D eigenvalue weighted by molar-refractivity contribution is 9.11. The maximum Gasteiger partial charge on any atom is 0.251 e. The zero-order chi connectivity index (χ0) is 24.9. The number of imidazole rings is 1. The van der Waals surface area contributed by atoms with Crippen LogP contribution in [-0.2, 0) is 19.6 Å². The number of rotatable bonds is 8. The van der Waals surface area contributed by atoms with E-state index in [1.54, 1.807) is 29.3 Å². The van der Waals surface area contributed by atoms with Gasteiger partial charge in [-0.2, -0.15) is 0 Å². The van der Waals surface area contributed by atoms with Gasteiger partial charge in [0.25, 0.3) is 5.91 Å². The molecule has 2 aromatic carbocycles. The van der Waals surface area contributed by atoms with Crippen LogP contribution in [0.25, 0.3) is 11.4 Å². The third-order valence-electron chi connectivity index (χ3n) is 5.58. The zero-order valence-electron chi connectivity index (χ0n) is 19.1. The molecule has 5 rings (SSSR count). The van der Waals surface area contributed by atoms with Crippen molar-refractivity contribution in [2.75, 3.05) is 0 Å². The van der Waals surface area contributed by atoms with Gasteiger partial charge in [-0.05, 0) is 49.6 Å². The Morgan fingerprint density at radius 3 is 2.58 bits per heavy atom. The minimum atomic E-state index is -0.153. The fraction of sp³-hybridized carbons (Fsp3) is 0.115. The predicted octanol–water partition coefficient (Wildman–Crippen LogP) is 5.09. The Morgan fingerprint density at radius 2 is 1.78 bits per heavy atom. The van der Waals surface area contributed by atoms with Crippen LogP contribution in [0.2, 0.25) is 0 Å². The number of aromatic nitrogens is 6. The first-order valence-corrected chi connectivity index (χ1v) is 12.8. The van der Waals surface area contributed by atoms with E-state index in [0.29, 0.717) is 25.2 Å². The van der Waals surface area contributed by atoms with Crippen molar-refractivity contribution in [1.29, 1.82) is 0 Å². The van der Waals surface area contributed by atoms with Crippen LogP contribution >= 0.6 is 31.9 Å². The summed E-state index contributed by atoms with van der Waals surface area (Å²) in [6, 6.07) is 17.6. The van der Waals surface area contributed by atoms with Gasteiger partial charge in [0.05, 0.1) is 19.3 Å². The van der Waals surface area contributed by atoms with Crippen molar-refractivity contribution in [1.82, 2.24) is 34.8 Å². The number of hydrogen-bond donors (Lipinski definition) is 1. The molecular weight excluding hydrogens is 586 g/mol. The Bertz CT molecular complexity index is 1480. The second-order valence-electron chi connectivity index (χ2n) is 8.12. The lowest BCUT2D eigenvalue weighted by molar-refractivity contribution is 0.0950. The SMILES string of the molecule is O=C(NCc1c(Br)cncc1Br)c1cccc(Cn2cc(Cn3ccnc3-c3ccccc3)nn2)c1. The van der Waals surface area contributed by atoms with Crippen molar-refractivity contribution in [3.8, 4) is 11.4 Å². The molecule has 36 heavy (non-hydrogen) atoms. The highest BCUT2D eigenvalue weighted by atomic mass is 79.9. The molecule has 0 saturated heterocycles. The molecule has 1 N–H and O–H groups in total. The predicted molar refractivity (Wildman–Crippen MR) is 143 cm³/mol. The van der Waals surface area contributed by atoms with Crippen LogP contribution in [-0.4, -0.2) is 35.4 Å². The van der Waals surface area contributed by atoms with Crippen molar-refractivity contribution in [3.05, 3.63) is 117 Å². The highest BCUT2D eigenvalue weighted by Gasteiger charge is 2.12.